The molecule has 0 spiro atoms. The molecule has 3 rings (SSSR count). The summed E-state index contributed by atoms with van der Waals surface area (Å²) in [6.45, 7) is 5.84. The SMILES string of the molecule is CN[C@@]12C(C)CC[C@H]1C=C[C@@H](/C=C(\C)C[C@@H](C)C(=O)O)C2C(=O)c1cc(Cl)c(Cl)[nH]1. The number of aromatic nitrogens is 1. The summed E-state index contributed by atoms with van der Waals surface area (Å²) >= 11 is 12.2. The number of carboxylic acid groups (broad SMARTS) is 1. The molecule has 0 amide bonds. The largest absolute Gasteiger partial charge is 0.481 e. The van der Waals surface area contributed by atoms with E-state index in [4.69, 9.17) is 23.2 Å². The number of halogens is 2. The highest BCUT2D eigenvalue weighted by atomic mass is 35.5. The van der Waals surface area contributed by atoms with Gasteiger partial charge in [-0.1, -0.05) is 60.9 Å². The van der Waals surface area contributed by atoms with Crippen LogP contribution in [0.3, 0.4) is 0 Å². The molecule has 1 fully saturated rings. The van der Waals surface area contributed by atoms with Crippen molar-refractivity contribution in [3.63, 3.8) is 0 Å². The number of allylic oxidation sites excluding steroid dienone is 3. The number of aromatic amines is 1. The van der Waals surface area contributed by atoms with E-state index in [1.54, 1.807) is 13.0 Å². The molecule has 3 N–H and O–H groups in total. The summed E-state index contributed by atoms with van der Waals surface area (Å²) in [5.41, 5.74) is 0.999. The summed E-state index contributed by atoms with van der Waals surface area (Å²) in [4.78, 5) is 28.0. The van der Waals surface area contributed by atoms with Gasteiger partial charge in [0.05, 0.1) is 22.6 Å². The molecular formula is C23H30Cl2N2O3. The summed E-state index contributed by atoms with van der Waals surface area (Å²) in [6, 6.07) is 1.60. The van der Waals surface area contributed by atoms with E-state index in [-0.39, 0.29) is 34.2 Å². The second kappa shape index (κ2) is 8.89. The molecule has 2 unspecified atom stereocenters. The zero-order chi connectivity index (χ0) is 22.2. The lowest BCUT2D eigenvalue weighted by Crippen LogP contribution is -2.61. The molecule has 0 bridgehead atoms. The summed E-state index contributed by atoms with van der Waals surface area (Å²) in [5, 5.41) is 13.4. The van der Waals surface area contributed by atoms with Crippen LogP contribution in [0.15, 0.2) is 29.9 Å². The quantitative estimate of drug-likeness (QED) is 0.383. The second-order valence-electron chi connectivity index (χ2n) is 8.87. The second-order valence-corrected chi connectivity index (χ2v) is 9.66. The molecule has 2 aliphatic rings. The Kier molecular flexibility index (Phi) is 6.85. The number of carbonyl (C=O) groups is 2. The minimum atomic E-state index is -0.818. The van der Waals surface area contributed by atoms with Crippen molar-refractivity contribution in [2.45, 2.75) is 45.6 Å². The van der Waals surface area contributed by atoms with Crippen LogP contribution < -0.4 is 5.32 Å². The number of carbonyl (C=O) groups excluding carboxylic acids is 1. The summed E-state index contributed by atoms with van der Waals surface area (Å²) < 4.78 is 0. The Morgan fingerprint density at radius 2 is 2.07 bits per heavy atom. The third-order valence-corrected chi connectivity index (χ3v) is 7.73. The van der Waals surface area contributed by atoms with E-state index in [2.05, 4.69) is 35.5 Å². The van der Waals surface area contributed by atoms with Crippen LogP contribution in [0.5, 0.6) is 0 Å². The van der Waals surface area contributed by atoms with Gasteiger partial charge in [-0.2, -0.15) is 0 Å². The molecule has 1 aromatic rings. The molecule has 7 heteroatoms. The van der Waals surface area contributed by atoms with Crippen LogP contribution >= 0.6 is 23.2 Å². The molecule has 1 heterocycles. The fourth-order valence-corrected chi connectivity index (χ4v) is 5.87. The number of ketones is 1. The molecule has 0 saturated heterocycles. The van der Waals surface area contributed by atoms with Crippen molar-refractivity contribution < 1.29 is 14.7 Å². The highest BCUT2D eigenvalue weighted by molar-refractivity contribution is 6.41. The van der Waals surface area contributed by atoms with Crippen molar-refractivity contribution in [3.05, 3.63) is 45.7 Å². The van der Waals surface area contributed by atoms with Crippen LogP contribution in [-0.4, -0.2) is 34.4 Å². The van der Waals surface area contributed by atoms with Crippen LogP contribution in [0, 0.1) is 29.6 Å². The van der Waals surface area contributed by atoms with Gasteiger partial charge in [-0.15, -0.1) is 0 Å². The zero-order valence-electron chi connectivity index (χ0n) is 17.8. The van der Waals surface area contributed by atoms with Gasteiger partial charge in [-0.05, 0) is 51.1 Å². The maximum Gasteiger partial charge on any atom is 0.306 e. The molecule has 0 radical (unpaired) electrons. The fourth-order valence-electron chi connectivity index (χ4n) is 5.56. The highest BCUT2D eigenvalue weighted by Gasteiger charge is 2.57. The zero-order valence-corrected chi connectivity index (χ0v) is 19.3. The van der Waals surface area contributed by atoms with E-state index in [0.717, 1.165) is 18.4 Å². The van der Waals surface area contributed by atoms with E-state index in [1.165, 1.54) is 0 Å². The van der Waals surface area contributed by atoms with Crippen LogP contribution in [0.25, 0.3) is 0 Å². The van der Waals surface area contributed by atoms with Crippen molar-refractivity contribution in [2.75, 3.05) is 7.05 Å². The van der Waals surface area contributed by atoms with E-state index < -0.39 is 11.9 Å². The first-order valence-electron chi connectivity index (χ1n) is 10.5. The maximum absolute atomic E-state index is 13.8. The summed E-state index contributed by atoms with van der Waals surface area (Å²) in [6.07, 6.45) is 8.92. The van der Waals surface area contributed by atoms with E-state index in [1.807, 2.05) is 14.0 Å². The lowest BCUT2D eigenvalue weighted by atomic mass is 9.61. The molecule has 5 nitrogen and oxygen atoms in total. The van der Waals surface area contributed by atoms with Crippen LogP contribution in [0.4, 0.5) is 0 Å². The molecule has 30 heavy (non-hydrogen) atoms. The van der Waals surface area contributed by atoms with E-state index in [0.29, 0.717) is 23.1 Å². The number of carboxylic acids is 1. The Morgan fingerprint density at radius 3 is 2.63 bits per heavy atom. The fraction of sp³-hybridized carbons (Fsp3) is 0.565. The number of hydrogen-bond acceptors (Lipinski definition) is 3. The first-order valence-corrected chi connectivity index (χ1v) is 11.2. The third-order valence-electron chi connectivity index (χ3n) is 7.04. The predicted octanol–water partition coefficient (Wildman–Crippen LogP) is 5.37. The molecule has 1 saturated carbocycles. The van der Waals surface area contributed by atoms with Gasteiger partial charge in [0.15, 0.2) is 5.78 Å². The van der Waals surface area contributed by atoms with Crippen molar-refractivity contribution in [1.29, 1.82) is 0 Å². The summed E-state index contributed by atoms with van der Waals surface area (Å²) in [5.74, 6) is -1.25. The minimum absolute atomic E-state index is 0.0263. The topological polar surface area (TPSA) is 82.2 Å². The number of rotatable bonds is 7. The van der Waals surface area contributed by atoms with Gasteiger partial charge in [0.25, 0.3) is 0 Å². The Balaban J connectivity index is 2.05. The van der Waals surface area contributed by atoms with Crippen molar-refractivity contribution in [3.8, 4) is 0 Å². The standard InChI is InChI=1S/C23H30Cl2N2O3/c1-12(9-13(2)22(29)30)10-15-6-8-16-7-5-14(3)23(16,26-4)19(15)20(28)18-11-17(24)21(25)27-18/h6,8,10-11,13-16,19,26-27H,5,7,9H2,1-4H3,(H,29,30)/b12-10+/t13-,14?,15+,16+,19?,23+/m1/s1. The van der Waals surface area contributed by atoms with E-state index >= 15 is 0 Å². The van der Waals surface area contributed by atoms with E-state index in [9.17, 15) is 14.7 Å². The van der Waals surface area contributed by atoms with Gasteiger partial charge in [0.1, 0.15) is 5.15 Å². The highest BCUT2D eigenvalue weighted by Crippen LogP contribution is 2.52. The number of H-pyrrole nitrogens is 1. The molecule has 164 valence electrons. The predicted molar refractivity (Wildman–Crippen MR) is 120 cm³/mol. The molecule has 2 aliphatic carbocycles. The van der Waals surface area contributed by atoms with Gasteiger partial charge in [-0.3, -0.25) is 9.59 Å². The van der Waals surface area contributed by atoms with Crippen molar-refractivity contribution in [1.82, 2.24) is 10.3 Å². The molecular weight excluding hydrogens is 423 g/mol. The number of fused-ring (bicyclic) bond motifs is 1. The Morgan fingerprint density at radius 1 is 1.37 bits per heavy atom. The van der Waals surface area contributed by atoms with Gasteiger partial charge in [0, 0.05) is 11.5 Å². The number of hydrogen-bond donors (Lipinski definition) is 3. The lowest BCUT2D eigenvalue weighted by molar-refractivity contribution is -0.141. The Bertz CT molecular complexity index is 872. The molecule has 1 aromatic heterocycles. The average molecular weight is 453 g/mol. The average Bonchev–Trinajstić information content (AvgIpc) is 3.20. The maximum atomic E-state index is 13.8. The molecule has 0 aliphatic heterocycles. The van der Waals surface area contributed by atoms with Gasteiger partial charge in [0.2, 0.25) is 0 Å². The van der Waals surface area contributed by atoms with Crippen LogP contribution in [0.2, 0.25) is 10.2 Å². The first-order chi connectivity index (χ1) is 14.1. The lowest BCUT2D eigenvalue weighted by Gasteiger charge is -2.48. The van der Waals surface area contributed by atoms with Crippen molar-refractivity contribution in [2.24, 2.45) is 29.6 Å². The number of aliphatic carboxylic acids is 1. The third kappa shape index (κ3) is 4.00. The number of nitrogens with one attached hydrogen (secondary N) is 2. The van der Waals surface area contributed by atoms with Crippen LogP contribution in [-0.2, 0) is 4.79 Å². The number of Topliss-reactive ketones (excluding diaryl/α,β-unsaturated/α-hetero) is 1. The Labute approximate surface area is 187 Å². The monoisotopic (exact) mass is 452 g/mol. The minimum Gasteiger partial charge on any atom is -0.481 e. The molecule has 0 aromatic carbocycles. The van der Waals surface area contributed by atoms with Crippen molar-refractivity contribution >= 4 is 35.0 Å². The first kappa shape index (κ1) is 23.1. The van der Waals surface area contributed by atoms with Gasteiger partial charge >= 0.3 is 5.97 Å². The Hall–Kier alpha value is -1.56. The van der Waals surface area contributed by atoms with Gasteiger partial charge < -0.3 is 15.4 Å². The summed E-state index contributed by atoms with van der Waals surface area (Å²) in [7, 11) is 1.93. The van der Waals surface area contributed by atoms with Crippen LogP contribution in [0.1, 0.15) is 50.5 Å². The normalized spacial score (nSPS) is 32.1. The molecule has 6 atom stereocenters. The smallest absolute Gasteiger partial charge is 0.306 e. The van der Waals surface area contributed by atoms with Gasteiger partial charge in [-0.25, -0.2) is 0 Å².